The average molecular weight is 284 g/mol. The minimum absolute atomic E-state index is 0.0371. The van der Waals surface area contributed by atoms with Gasteiger partial charge >= 0.3 is 5.97 Å². The Hall–Kier alpha value is -1.59. The highest BCUT2D eigenvalue weighted by atomic mass is 16.4. The largest absolute Gasteiger partial charge is 0.481 e. The van der Waals surface area contributed by atoms with Gasteiger partial charge in [0.15, 0.2) is 0 Å². The van der Waals surface area contributed by atoms with Crippen LogP contribution in [0.25, 0.3) is 0 Å². The highest BCUT2D eigenvalue weighted by Gasteiger charge is 2.34. The Balaban J connectivity index is 2.37. The Bertz CT molecular complexity index is 366. The van der Waals surface area contributed by atoms with Crippen LogP contribution >= 0.6 is 0 Å². The second-order valence-corrected chi connectivity index (χ2v) is 5.32. The first-order valence-corrected chi connectivity index (χ1v) is 7.24. The Kier molecular flexibility index (Phi) is 6.48. The molecule has 0 heterocycles. The zero-order valence-corrected chi connectivity index (χ0v) is 12.2. The maximum absolute atomic E-state index is 12.1. The van der Waals surface area contributed by atoms with E-state index in [0.29, 0.717) is 25.8 Å². The van der Waals surface area contributed by atoms with E-state index >= 15 is 0 Å². The van der Waals surface area contributed by atoms with Gasteiger partial charge in [0, 0.05) is 32.0 Å². The molecular formula is C14H24N2O4. The van der Waals surface area contributed by atoms with Crippen molar-refractivity contribution in [2.75, 3.05) is 13.1 Å². The number of hydrogen-bond acceptors (Lipinski definition) is 3. The molecule has 2 N–H and O–H groups in total. The molecule has 114 valence electrons. The van der Waals surface area contributed by atoms with Crippen LogP contribution in [0.3, 0.4) is 0 Å². The van der Waals surface area contributed by atoms with Gasteiger partial charge in [-0.2, -0.15) is 0 Å². The topological polar surface area (TPSA) is 86.7 Å². The van der Waals surface area contributed by atoms with Crippen molar-refractivity contribution in [3.63, 3.8) is 0 Å². The Labute approximate surface area is 119 Å². The van der Waals surface area contributed by atoms with Crippen LogP contribution in [0.15, 0.2) is 0 Å². The summed E-state index contributed by atoms with van der Waals surface area (Å²) in [7, 11) is 0. The zero-order valence-electron chi connectivity index (χ0n) is 12.2. The lowest BCUT2D eigenvalue weighted by Gasteiger charge is -2.24. The van der Waals surface area contributed by atoms with Crippen LogP contribution in [0.2, 0.25) is 0 Å². The van der Waals surface area contributed by atoms with Crippen LogP contribution < -0.4 is 5.32 Å². The molecule has 1 aliphatic carbocycles. The zero-order chi connectivity index (χ0) is 15.1. The van der Waals surface area contributed by atoms with Crippen molar-refractivity contribution in [2.45, 2.75) is 52.0 Å². The molecule has 1 rings (SSSR count). The first kappa shape index (κ1) is 16.5. The Morgan fingerprint density at radius 2 is 1.95 bits per heavy atom. The number of amides is 2. The second kappa shape index (κ2) is 7.87. The highest BCUT2D eigenvalue weighted by Crippen LogP contribution is 2.28. The molecule has 0 saturated heterocycles. The van der Waals surface area contributed by atoms with Crippen molar-refractivity contribution >= 4 is 17.8 Å². The van der Waals surface area contributed by atoms with E-state index in [1.165, 1.54) is 0 Å². The molecule has 1 fully saturated rings. The number of aliphatic carboxylic acids is 1. The maximum Gasteiger partial charge on any atom is 0.308 e. The van der Waals surface area contributed by atoms with Crippen molar-refractivity contribution in [1.29, 1.82) is 0 Å². The third kappa shape index (κ3) is 5.59. The molecule has 1 atom stereocenters. The third-order valence-corrected chi connectivity index (χ3v) is 3.37. The summed E-state index contributed by atoms with van der Waals surface area (Å²) < 4.78 is 0. The van der Waals surface area contributed by atoms with E-state index in [0.717, 1.165) is 12.8 Å². The van der Waals surface area contributed by atoms with E-state index in [4.69, 9.17) is 5.11 Å². The van der Waals surface area contributed by atoms with Gasteiger partial charge in [-0.15, -0.1) is 0 Å². The lowest BCUT2D eigenvalue weighted by atomic mass is 10.1. The van der Waals surface area contributed by atoms with E-state index in [-0.39, 0.29) is 24.4 Å². The Morgan fingerprint density at radius 1 is 1.30 bits per heavy atom. The van der Waals surface area contributed by atoms with Gasteiger partial charge < -0.3 is 15.3 Å². The quantitative estimate of drug-likeness (QED) is 0.661. The minimum atomic E-state index is -0.884. The summed E-state index contributed by atoms with van der Waals surface area (Å²) in [6.45, 7) is 4.32. The smallest absolute Gasteiger partial charge is 0.308 e. The number of hydrogen-bond donors (Lipinski definition) is 2. The van der Waals surface area contributed by atoms with Crippen LogP contribution in [0, 0.1) is 5.92 Å². The lowest BCUT2D eigenvalue weighted by molar-refractivity contribution is -0.143. The predicted molar refractivity (Wildman–Crippen MR) is 74.1 cm³/mol. The summed E-state index contributed by atoms with van der Waals surface area (Å²) in [4.78, 5) is 36.0. The van der Waals surface area contributed by atoms with Crippen LogP contribution in [-0.4, -0.2) is 46.9 Å². The molecule has 0 radical (unpaired) electrons. The molecule has 1 aliphatic rings. The van der Waals surface area contributed by atoms with Crippen molar-refractivity contribution < 1.29 is 19.5 Å². The molecule has 0 aromatic rings. The Morgan fingerprint density at radius 3 is 2.45 bits per heavy atom. The van der Waals surface area contributed by atoms with Crippen LogP contribution in [0.5, 0.6) is 0 Å². The monoisotopic (exact) mass is 284 g/mol. The van der Waals surface area contributed by atoms with Crippen LogP contribution in [0.4, 0.5) is 0 Å². The van der Waals surface area contributed by atoms with Crippen molar-refractivity contribution in [2.24, 2.45) is 5.92 Å². The van der Waals surface area contributed by atoms with Gasteiger partial charge in [0.25, 0.3) is 0 Å². The molecule has 2 amide bonds. The molecule has 6 nitrogen and oxygen atoms in total. The summed E-state index contributed by atoms with van der Waals surface area (Å²) in [6.07, 6.45) is 3.06. The highest BCUT2D eigenvalue weighted by molar-refractivity contribution is 5.80. The molecule has 1 saturated carbocycles. The van der Waals surface area contributed by atoms with Crippen molar-refractivity contribution in [3.05, 3.63) is 0 Å². The van der Waals surface area contributed by atoms with E-state index < -0.39 is 11.9 Å². The van der Waals surface area contributed by atoms with Crippen LogP contribution in [0.1, 0.15) is 46.0 Å². The average Bonchev–Trinajstić information content (AvgIpc) is 3.19. The normalized spacial score (nSPS) is 15.5. The number of carboxylic acids is 1. The molecular weight excluding hydrogens is 260 g/mol. The number of nitrogens with one attached hydrogen (secondary N) is 1. The third-order valence-electron chi connectivity index (χ3n) is 3.37. The SMILES string of the molecule is CCNC(=O)CCCC(=O)N(CC(C)C(=O)O)C1CC1. The summed E-state index contributed by atoms with van der Waals surface area (Å²) in [6, 6.07) is 0.203. The first-order chi connectivity index (χ1) is 9.45. The van der Waals surface area contributed by atoms with Gasteiger partial charge in [-0.05, 0) is 26.2 Å². The molecule has 0 aromatic heterocycles. The second-order valence-electron chi connectivity index (χ2n) is 5.32. The number of nitrogens with zero attached hydrogens (tertiary/aromatic N) is 1. The number of carboxylic acid groups (broad SMARTS) is 1. The van der Waals surface area contributed by atoms with E-state index in [1.807, 2.05) is 6.92 Å². The predicted octanol–water partition coefficient (Wildman–Crippen LogP) is 1.00. The van der Waals surface area contributed by atoms with Crippen molar-refractivity contribution in [1.82, 2.24) is 10.2 Å². The van der Waals surface area contributed by atoms with E-state index in [2.05, 4.69) is 5.32 Å². The number of rotatable bonds is 9. The molecule has 20 heavy (non-hydrogen) atoms. The number of carbonyl (C=O) groups excluding carboxylic acids is 2. The fourth-order valence-electron chi connectivity index (χ4n) is 2.04. The minimum Gasteiger partial charge on any atom is -0.481 e. The number of carbonyl (C=O) groups is 3. The van der Waals surface area contributed by atoms with E-state index in [9.17, 15) is 14.4 Å². The fourth-order valence-corrected chi connectivity index (χ4v) is 2.04. The lowest BCUT2D eigenvalue weighted by Crippen LogP contribution is -2.38. The van der Waals surface area contributed by atoms with Gasteiger partial charge in [-0.25, -0.2) is 0 Å². The molecule has 6 heteroatoms. The molecule has 0 spiro atoms. The van der Waals surface area contributed by atoms with Gasteiger partial charge in [-0.1, -0.05) is 6.92 Å². The maximum atomic E-state index is 12.1. The molecule has 0 aliphatic heterocycles. The molecule has 0 aromatic carbocycles. The first-order valence-electron chi connectivity index (χ1n) is 7.24. The van der Waals surface area contributed by atoms with Crippen LogP contribution in [-0.2, 0) is 14.4 Å². The summed E-state index contributed by atoms with van der Waals surface area (Å²) in [5.41, 5.74) is 0. The van der Waals surface area contributed by atoms with Gasteiger partial charge in [-0.3, -0.25) is 14.4 Å². The summed E-state index contributed by atoms with van der Waals surface area (Å²) >= 11 is 0. The van der Waals surface area contributed by atoms with Gasteiger partial charge in [0.05, 0.1) is 5.92 Å². The van der Waals surface area contributed by atoms with Gasteiger partial charge in [0.1, 0.15) is 0 Å². The summed E-state index contributed by atoms with van der Waals surface area (Å²) in [5.74, 6) is -1.52. The standard InChI is InChI=1S/C14H24N2O4/c1-3-15-12(17)5-4-6-13(18)16(11-7-8-11)9-10(2)14(19)20/h10-11H,3-9H2,1-2H3,(H,15,17)(H,19,20). The molecule has 1 unspecified atom stereocenters. The fraction of sp³-hybridized carbons (Fsp3) is 0.786. The van der Waals surface area contributed by atoms with Crippen molar-refractivity contribution in [3.8, 4) is 0 Å². The van der Waals surface area contributed by atoms with Gasteiger partial charge in [0.2, 0.25) is 11.8 Å². The summed E-state index contributed by atoms with van der Waals surface area (Å²) in [5, 5.41) is 11.6. The van der Waals surface area contributed by atoms with E-state index in [1.54, 1.807) is 11.8 Å². The molecule has 0 bridgehead atoms.